The van der Waals surface area contributed by atoms with Gasteiger partial charge in [-0.15, -0.1) is 0 Å². The van der Waals surface area contributed by atoms with E-state index in [4.69, 9.17) is 0 Å². The zero-order valence-corrected chi connectivity index (χ0v) is 9.88. The molecule has 4 nitrogen and oxygen atoms in total. The lowest BCUT2D eigenvalue weighted by Gasteiger charge is -2.04. The number of aromatic nitrogens is 2. The minimum absolute atomic E-state index is 0.152. The minimum Gasteiger partial charge on any atom is -0.307 e. The molecule has 18 heavy (non-hydrogen) atoms. The number of nitrogens with one attached hydrogen (secondary N) is 2. The van der Waals surface area contributed by atoms with E-state index < -0.39 is 0 Å². The van der Waals surface area contributed by atoms with Crippen LogP contribution in [0.25, 0.3) is 11.4 Å². The summed E-state index contributed by atoms with van der Waals surface area (Å²) in [7, 11) is 0. The molecule has 0 spiro atoms. The van der Waals surface area contributed by atoms with Crippen molar-refractivity contribution in [1.29, 1.82) is 0 Å². The lowest BCUT2D eigenvalue weighted by molar-refractivity contribution is 0.619. The molecular formula is C13H12FN3O. The van der Waals surface area contributed by atoms with Crippen LogP contribution in [0, 0.1) is 12.7 Å². The molecule has 0 amide bonds. The largest absolute Gasteiger partial charge is 0.307 e. The van der Waals surface area contributed by atoms with Crippen LogP contribution in [0.1, 0.15) is 16.8 Å². The molecule has 0 radical (unpaired) electrons. The van der Waals surface area contributed by atoms with Crippen molar-refractivity contribution in [3.8, 4) is 11.4 Å². The Morgan fingerprint density at radius 2 is 2.17 bits per heavy atom. The third kappa shape index (κ3) is 1.73. The monoisotopic (exact) mass is 245 g/mol. The second-order valence-corrected chi connectivity index (χ2v) is 4.41. The van der Waals surface area contributed by atoms with E-state index in [9.17, 15) is 9.18 Å². The van der Waals surface area contributed by atoms with Gasteiger partial charge < -0.3 is 10.3 Å². The summed E-state index contributed by atoms with van der Waals surface area (Å²) in [4.78, 5) is 18.9. The summed E-state index contributed by atoms with van der Waals surface area (Å²) in [6, 6.07) is 4.82. The minimum atomic E-state index is -0.297. The molecule has 5 heteroatoms. The summed E-state index contributed by atoms with van der Waals surface area (Å²) in [6.45, 7) is 2.82. The van der Waals surface area contributed by atoms with E-state index in [1.807, 2.05) is 0 Å². The topological polar surface area (TPSA) is 57.8 Å². The van der Waals surface area contributed by atoms with E-state index in [0.29, 0.717) is 35.6 Å². The molecule has 1 aliphatic heterocycles. The molecular weight excluding hydrogens is 233 g/mol. The number of aryl methyl sites for hydroxylation is 1. The number of rotatable bonds is 1. The Hall–Kier alpha value is -2.01. The molecule has 0 saturated heterocycles. The van der Waals surface area contributed by atoms with Crippen molar-refractivity contribution in [1.82, 2.24) is 15.3 Å². The Morgan fingerprint density at radius 1 is 1.33 bits per heavy atom. The molecule has 1 aromatic carbocycles. The molecule has 0 fully saturated rings. The first-order valence-corrected chi connectivity index (χ1v) is 5.74. The number of hydrogen-bond acceptors (Lipinski definition) is 3. The molecule has 0 bridgehead atoms. The Labute approximate surface area is 103 Å². The summed E-state index contributed by atoms with van der Waals surface area (Å²) in [5, 5.41) is 3.07. The third-order valence-corrected chi connectivity index (χ3v) is 3.14. The van der Waals surface area contributed by atoms with Gasteiger partial charge in [0.15, 0.2) is 0 Å². The van der Waals surface area contributed by atoms with E-state index in [-0.39, 0.29) is 11.4 Å². The zero-order valence-electron chi connectivity index (χ0n) is 9.88. The number of halogens is 1. The number of nitrogens with zero attached hydrogens (tertiary/aromatic N) is 1. The highest BCUT2D eigenvalue weighted by atomic mass is 19.1. The smallest absolute Gasteiger partial charge is 0.255 e. The van der Waals surface area contributed by atoms with Crippen LogP contribution in [0.15, 0.2) is 23.0 Å². The molecule has 2 N–H and O–H groups in total. The highest BCUT2D eigenvalue weighted by Gasteiger charge is 2.17. The molecule has 1 aliphatic rings. The Balaban J connectivity index is 2.15. The van der Waals surface area contributed by atoms with Crippen molar-refractivity contribution < 1.29 is 4.39 Å². The predicted molar refractivity (Wildman–Crippen MR) is 65.5 cm³/mol. The van der Waals surface area contributed by atoms with E-state index in [1.165, 1.54) is 6.07 Å². The summed E-state index contributed by atoms with van der Waals surface area (Å²) >= 11 is 0. The van der Waals surface area contributed by atoms with Gasteiger partial charge in [0.1, 0.15) is 11.6 Å². The van der Waals surface area contributed by atoms with Gasteiger partial charge in [-0.3, -0.25) is 4.79 Å². The Morgan fingerprint density at radius 3 is 2.94 bits per heavy atom. The SMILES string of the molecule is Cc1ccc(-c2nc3c(c(=O)[nH]2)CNC3)cc1F. The standard InChI is InChI=1S/C13H12FN3O/c1-7-2-3-8(4-10(7)14)12-16-11-6-15-5-9(11)13(18)17-12/h2-4,15H,5-6H2,1H3,(H,16,17,18). The number of fused-ring (bicyclic) bond motifs is 1. The van der Waals surface area contributed by atoms with Gasteiger partial charge in [-0.05, 0) is 18.6 Å². The van der Waals surface area contributed by atoms with Crippen molar-refractivity contribution in [3.63, 3.8) is 0 Å². The van der Waals surface area contributed by atoms with Gasteiger partial charge in [0, 0.05) is 18.7 Å². The number of H-pyrrole nitrogens is 1. The highest BCUT2D eigenvalue weighted by Crippen LogP contribution is 2.19. The van der Waals surface area contributed by atoms with Gasteiger partial charge in [-0.2, -0.15) is 0 Å². The van der Waals surface area contributed by atoms with Gasteiger partial charge in [0.25, 0.3) is 5.56 Å². The lowest BCUT2D eigenvalue weighted by atomic mass is 10.1. The average Bonchev–Trinajstić information content (AvgIpc) is 2.81. The van der Waals surface area contributed by atoms with Crippen LogP contribution < -0.4 is 10.9 Å². The van der Waals surface area contributed by atoms with Crippen LogP contribution >= 0.6 is 0 Å². The normalized spacial score (nSPS) is 13.7. The first-order valence-electron chi connectivity index (χ1n) is 5.74. The first kappa shape index (κ1) is 11.1. The predicted octanol–water partition coefficient (Wildman–Crippen LogP) is 1.49. The summed E-state index contributed by atoms with van der Waals surface area (Å²) in [5.74, 6) is 0.120. The van der Waals surface area contributed by atoms with Crippen molar-refractivity contribution in [3.05, 3.63) is 51.2 Å². The molecule has 0 saturated carbocycles. The van der Waals surface area contributed by atoms with Crippen LogP contribution in [-0.4, -0.2) is 9.97 Å². The van der Waals surface area contributed by atoms with Crippen molar-refractivity contribution >= 4 is 0 Å². The maximum atomic E-state index is 13.5. The van der Waals surface area contributed by atoms with Gasteiger partial charge in [0.2, 0.25) is 0 Å². The van der Waals surface area contributed by atoms with Crippen LogP contribution in [-0.2, 0) is 13.1 Å². The average molecular weight is 245 g/mol. The molecule has 2 heterocycles. The number of benzene rings is 1. The van der Waals surface area contributed by atoms with Crippen LogP contribution in [0.3, 0.4) is 0 Å². The van der Waals surface area contributed by atoms with Crippen LogP contribution in [0.4, 0.5) is 4.39 Å². The molecule has 3 rings (SSSR count). The van der Waals surface area contributed by atoms with E-state index in [0.717, 1.165) is 5.69 Å². The Kier molecular flexibility index (Phi) is 2.48. The molecule has 2 aromatic rings. The van der Waals surface area contributed by atoms with Crippen molar-refractivity contribution in [2.75, 3.05) is 0 Å². The van der Waals surface area contributed by atoms with Crippen LogP contribution in [0.2, 0.25) is 0 Å². The molecule has 0 aliphatic carbocycles. The van der Waals surface area contributed by atoms with Crippen LogP contribution in [0.5, 0.6) is 0 Å². The van der Waals surface area contributed by atoms with Crippen molar-refractivity contribution in [2.24, 2.45) is 0 Å². The second-order valence-electron chi connectivity index (χ2n) is 4.41. The quantitative estimate of drug-likeness (QED) is 0.800. The van der Waals surface area contributed by atoms with Crippen molar-refractivity contribution in [2.45, 2.75) is 20.0 Å². The fourth-order valence-electron chi connectivity index (χ4n) is 2.06. The van der Waals surface area contributed by atoms with Gasteiger partial charge in [-0.25, -0.2) is 9.37 Å². The molecule has 1 aromatic heterocycles. The lowest BCUT2D eigenvalue weighted by Crippen LogP contribution is -2.15. The number of aromatic amines is 1. The fraction of sp³-hybridized carbons (Fsp3) is 0.231. The highest BCUT2D eigenvalue weighted by molar-refractivity contribution is 5.56. The molecule has 0 unspecified atom stereocenters. The Bertz CT molecular complexity index is 678. The fourth-order valence-corrected chi connectivity index (χ4v) is 2.06. The maximum absolute atomic E-state index is 13.5. The van der Waals surface area contributed by atoms with Gasteiger partial charge in [0.05, 0.1) is 11.3 Å². The van der Waals surface area contributed by atoms with E-state index >= 15 is 0 Å². The van der Waals surface area contributed by atoms with Gasteiger partial charge in [-0.1, -0.05) is 12.1 Å². The molecule has 92 valence electrons. The number of hydrogen-bond donors (Lipinski definition) is 2. The summed E-state index contributed by atoms with van der Waals surface area (Å²) in [5.41, 5.74) is 2.43. The summed E-state index contributed by atoms with van der Waals surface area (Å²) < 4.78 is 13.5. The zero-order chi connectivity index (χ0) is 12.7. The summed E-state index contributed by atoms with van der Waals surface area (Å²) in [6.07, 6.45) is 0. The third-order valence-electron chi connectivity index (χ3n) is 3.14. The molecule has 0 atom stereocenters. The van der Waals surface area contributed by atoms with E-state index in [1.54, 1.807) is 19.1 Å². The first-order chi connectivity index (χ1) is 8.65. The van der Waals surface area contributed by atoms with E-state index in [2.05, 4.69) is 15.3 Å². The second kappa shape index (κ2) is 4.03. The maximum Gasteiger partial charge on any atom is 0.255 e. The van der Waals surface area contributed by atoms with Gasteiger partial charge >= 0.3 is 0 Å².